The van der Waals surface area contributed by atoms with Gasteiger partial charge in [0.2, 0.25) is 5.89 Å². The van der Waals surface area contributed by atoms with E-state index < -0.39 is 0 Å². The number of hydrogen-bond donors (Lipinski definition) is 1. The van der Waals surface area contributed by atoms with Gasteiger partial charge in [0.05, 0.1) is 15.7 Å². The van der Waals surface area contributed by atoms with E-state index in [1.54, 1.807) is 19.1 Å². The van der Waals surface area contributed by atoms with Crippen molar-refractivity contribution >= 4 is 62.4 Å². The number of halogens is 4. The summed E-state index contributed by atoms with van der Waals surface area (Å²) in [6.07, 6.45) is 0. The fourth-order valence-electron chi connectivity index (χ4n) is 1.18. The third kappa shape index (κ3) is 2.91. The summed E-state index contributed by atoms with van der Waals surface area (Å²) in [4.78, 5) is 0. The van der Waals surface area contributed by atoms with Crippen LogP contribution in [0.4, 0.5) is 11.7 Å². The Balaban J connectivity index is 2.26. The number of benzene rings is 1. The lowest BCUT2D eigenvalue weighted by Gasteiger charge is -2.06. The predicted octanol–water partition coefficient (Wildman–Crippen LogP) is 5.18. The molecule has 0 fully saturated rings. The van der Waals surface area contributed by atoms with Gasteiger partial charge < -0.3 is 9.73 Å². The maximum absolute atomic E-state index is 6.08. The van der Waals surface area contributed by atoms with Crippen LogP contribution in [-0.2, 0) is 0 Å². The predicted molar refractivity (Wildman–Crippen MR) is 76.0 cm³/mol. The molecule has 0 saturated carbocycles. The molecule has 1 heterocycles. The average Bonchev–Trinajstić information content (AvgIpc) is 2.79. The van der Waals surface area contributed by atoms with E-state index >= 15 is 0 Å². The van der Waals surface area contributed by atoms with E-state index in [4.69, 9.17) is 39.2 Å². The molecular weight excluding hydrogens is 364 g/mol. The molecule has 1 atom stereocenters. The summed E-state index contributed by atoms with van der Waals surface area (Å²) in [5.41, 5.74) is 0.572. The molecular formula is C10H7BrCl3N3O. The van der Waals surface area contributed by atoms with Crippen LogP contribution in [0.5, 0.6) is 0 Å². The van der Waals surface area contributed by atoms with Crippen molar-refractivity contribution in [2.24, 2.45) is 0 Å². The van der Waals surface area contributed by atoms with Crippen LogP contribution in [0.1, 0.15) is 18.2 Å². The molecule has 0 bridgehead atoms. The molecule has 8 heteroatoms. The van der Waals surface area contributed by atoms with Gasteiger partial charge in [-0.1, -0.05) is 28.3 Å². The van der Waals surface area contributed by atoms with Gasteiger partial charge >= 0.3 is 6.01 Å². The van der Waals surface area contributed by atoms with Gasteiger partial charge in [-0.3, -0.25) is 0 Å². The summed E-state index contributed by atoms with van der Waals surface area (Å²) in [5.74, 6) is 0.332. The van der Waals surface area contributed by atoms with Gasteiger partial charge in [0.1, 0.15) is 5.38 Å². The first-order valence-electron chi connectivity index (χ1n) is 4.87. The molecule has 4 nitrogen and oxygen atoms in total. The highest BCUT2D eigenvalue weighted by Crippen LogP contribution is 2.37. The summed E-state index contributed by atoms with van der Waals surface area (Å²) in [6.45, 7) is 1.74. The first-order valence-corrected chi connectivity index (χ1v) is 6.85. The first-order chi connectivity index (χ1) is 8.49. The van der Waals surface area contributed by atoms with Crippen molar-refractivity contribution in [1.29, 1.82) is 0 Å². The number of nitrogens with zero attached hydrogens (tertiary/aromatic N) is 2. The van der Waals surface area contributed by atoms with Gasteiger partial charge in [-0.25, -0.2) is 0 Å². The van der Waals surface area contributed by atoms with Crippen molar-refractivity contribution in [2.45, 2.75) is 12.3 Å². The normalized spacial score (nSPS) is 12.5. The SMILES string of the molecule is CC(Cl)c1nnc(Nc2ccc(Br)c(Cl)c2Cl)o1. The lowest BCUT2D eigenvalue weighted by molar-refractivity contribution is 0.510. The number of hydrogen-bond acceptors (Lipinski definition) is 4. The lowest BCUT2D eigenvalue weighted by atomic mass is 10.3. The largest absolute Gasteiger partial charge is 0.406 e. The van der Waals surface area contributed by atoms with Gasteiger partial charge in [-0.15, -0.1) is 16.7 Å². The third-order valence-corrected chi connectivity index (χ3v) is 4.02. The quantitative estimate of drug-likeness (QED) is 0.596. The van der Waals surface area contributed by atoms with Crippen LogP contribution in [0, 0.1) is 0 Å². The minimum atomic E-state index is -0.350. The monoisotopic (exact) mass is 369 g/mol. The van der Waals surface area contributed by atoms with Gasteiger partial charge in [-0.2, -0.15) is 0 Å². The zero-order valence-corrected chi connectivity index (χ0v) is 12.9. The van der Waals surface area contributed by atoms with Crippen LogP contribution in [0.15, 0.2) is 21.0 Å². The smallest absolute Gasteiger partial charge is 0.320 e. The van der Waals surface area contributed by atoms with Crippen LogP contribution < -0.4 is 5.32 Å². The standard InChI is InChI=1S/C10H7BrCl3N3O/c1-4(12)9-16-17-10(18-9)15-6-3-2-5(11)7(13)8(6)14/h2-4H,1H3,(H,15,17). The van der Waals surface area contributed by atoms with Crippen molar-refractivity contribution in [3.8, 4) is 0 Å². The maximum Gasteiger partial charge on any atom is 0.320 e. The molecule has 18 heavy (non-hydrogen) atoms. The molecule has 0 aliphatic rings. The molecule has 0 aliphatic heterocycles. The minimum absolute atomic E-state index is 0.206. The number of rotatable bonds is 3. The van der Waals surface area contributed by atoms with E-state index in [0.717, 1.165) is 0 Å². The van der Waals surface area contributed by atoms with Crippen LogP contribution in [0.2, 0.25) is 10.0 Å². The molecule has 0 radical (unpaired) electrons. The van der Waals surface area contributed by atoms with Crippen molar-refractivity contribution in [3.63, 3.8) is 0 Å². The summed E-state index contributed by atoms with van der Waals surface area (Å²) < 4.78 is 6.00. The highest BCUT2D eigenvalue weighted by atomic mass is 79.9. The molecule has 0 aliphatic carbocycles. The van der Waals surface area contributed by atoms with E-state index in [1.807, 2.05) is 0 Å². The lowest BCUT2D eigenvalue weighted by Crippen LogP contribution is -1.92. The Kier molecular flexibility index (Phi) is 4.37. The fraction of sp³-hybridized carbons (Fsp3) is 0.200. The van der Waals surface area contributed by atoms with E-state index in [1.165, 1.54) is 0 Å². The van der Waals surface area contributed by atoms with Gasteiger partial charge in [-0.05, 0) is 35.0 Å². The topological polar surface area (TPSA) is 51.0 Å². The summed E-state index contributed by atoms with van der Waals surface area (Å²) in [5, 5.41) is 10.9. The second kappa shape index (κ2) is 5.65. The van der Waals surface area contributed by atoms with Gasteiger partial charge in [0.15, 0.2) is 0 Å². The average molecular weight is 371 g/mol. The van der Waals surface area contributed by atoms with Crippen molar-refractivity contribution in [3.05, 3.63) is 32.5 Å². The summed E-state index contributed by atoms with van der Waals surface area (Å²) >= 11 is 21.2. The molecule has 2 aromatic rings. The highest BCUT2D eigenvalue weighted by Gasteiger charge is 2.14. The van der Waals surface area contributed by atoms with Crippen LogP contribution in [0.3, 0.4) is 0 Å². The minimum Gasteiger partial charge on any atom is -0.406 e. The Hall–Kier alpha value is -0.490. The van der Waals surface area contributed by atoms with Crippen molar-refractivity contribution in [2.75, 3.05) is 5.32 Å². The number of nitrogens with one attached hydrogen (secondary N) is 1. The highest BCUT2D eigenvalue weighted by molar-refractivity contribution is 9.10. The number of aromatic nitrogens is 2. The number of anilines is 2. The molecule has 1 N–H and O–H groups in total. The Morgan fingerprint density at radius 3 is 2.61 bits per heavy atom. The van der Waals surface area contributed by atoms with E-state index in [0.29, 0.717) is 26.1 Å². The first kappa shape index (κ1) is 13.9. The van der Waals surface area contributed by atoms with E-state index in [9.17, 15) is 0 Å². The van der Waals surface area contributed by atoms with E-state index in [-0.39, 0.29) is 11.4 Å². The Bertz CT molecular complexity index is 573. The van der Waals surface area contributed by atoms with Gasteiger partial charge in [0, 0.05) is 4.47 Å². The van der Waals surface area contributed by atoms with Crippen LogP contribution >= 0.6 is 50.7 Å². The maximum atomic E-state index is 6.08. The van der Waals surface area contributed by atoms with E-state index in [2.05, 4.69) is 31.4 Å². The fourth-order valence-corrected chi connectivity index (χ4v) is 2.09. The molecule has 2 rings (SSSR count). The zero-order chi connectivity index (χ0) is 13.3. The molecule has 1 aromatic heterocycles. The second-order valence-corrected chi connectivity index (χ2v) is 5.67. The molecule has 1 aromatic carbocycles. The molecule has 0 amide bonds. The van der Waals surface area contributed by atoms with Crippen LogP contribution in [-0.4, -0.2) is 10.2 Å². The van der Waals surface area contributed by atoms with Crippen molar-refractivity contribution < 1.29 is 4.42 Å². The summed E-state index contributed by atoms with van der Waals surface area (Å²) in [6, 6.07) is 3.71. The Labute approximate surface area is 127 Å². The molecule has 0 saturated heterocycles. The molecule has 1 unspecified atom stereocenters. The Morgan fingerprint density at radius 1 is 1.28 bits per heavy atom. The van der Waals surface area contributed by atoms with Crippen molar-refractivity contribution in [1.82, 2.24) is 10.2 Å². The third-order valence-electron chi connectivity index (χ3n) is 2.06. The Morgan fingerprint density at radius 2 is 2.00 bits per heavy atom. The number of alkyl halides is 1. The van der Waals surface area contributed by atoms with Crippen LogP contribution in [0.25, 0.3) is 0 Å². The second-order valence-electron chi connectivity index (χ2n) is 3.41. The molecule has 0 spiro atoms. The molecule has 96 valence electrons. The zero-order valence-electron chi connectivity index (χ0n) is 9.05. The summed E-state index contributed by atoms with van der Waals surface area (Å²) in [7, 11) is 0. The van der Waals surface area contributed by atoms with Gasteiger partial charge in [0.25, 0.3) is 0 Å².